The maximum Gasteiger partial charge on any atom is 0.158 e. The van der Waals surface area contributed by atoms with Crippen LogP contribution >= 0.6 is 0 Å². The molecule has 13 heavy (non-hydrogen) atoms. The summed E-state index contributed by atoms with van der Waals surface area (Å²) in [7, 11) is 0. The van der Waals surface area contributed by atoms with Gasteiger partial charge >= 0.3 is 0 Å². The van der Waals surface area contributed by atoms with E-state index in [2.05, 4.69) is 5.16 Å². The van der Waals surface area contributed by atoms with Gasteiger partial charge in [-0.25, -0.2) is 0 Å². The standard InChI is InChI=1S/C7H15N3O3/c1-7(2,3)10(6(11)12)4-5(8)9-13/h13H,4H2,1-3H3,(H2,8,9)(H,11,12)/p-1. The molecule has 0 saturated heterocycles. The van der Waals surface area contributed by atoms with E-state index in [1.54, 1.807) is 20.8 Å². The maximum atomic E-state index is 10.6. The zero-order valence-electron chi connectivity index (χ0n) is 7.94. The van der Waals surface area contributed by atoms with Gasteiger partial charge in [0.15, 0.2) is 5.84 Å². The fourth-order valence-corrected chi connectivity index (χ4v) is 0.769. The Hall–Kier alpha value is -1.46. The molecule has 0 aromatic rings. The van der Waals surface area contributed by atoms with Gasteiger partial charge in [0.2, 0.25) is 0 Å². The average Bonchev–Trinajstić information content (AvgIpc) is 1.96. The van der Waals surface area contributed by atoms with E-state index in [1.807, 2.05) is 0 Å². The van der Waals surface area contributed by atoms with Gasteiger partial charge in [-0.15, -0.1) is 0 Å². The fraction of sp³-hybridized carbons (Fsp3) is 0.714. The number of rotatable bonds is 2. The van der Waals surface area contributed by atoms with E-state index in [-0.39, 0.29) is 12.4 Å². The van der Waals surface area contributed by atoms with Crippen molar-refractivity contribution in [2.24, 2.45) is 10.9 Å². The molecule has 0 aromatic carbocycles. The summed E-state index contributed by atoms with van der Waals surface area (Å²) in [6.45, 7) is 4.90. The summed E-state index contributed by atoms with van der Waals surface area (Å²) in [5.41, 5.74) is 4.54. The Morgan fingerprint density at radius 1 is 1.62 bits per heavy atom. The molecule has 0 aliphatic heterocycles. The first kappa shape index (κ1) is 11.5. The minimum atomic E-state index is -1.35. The first-order valence-electron chi connectivity index (χ1n) is 3.74. The summed E-state index contributed by atoms with van der Waals surface area (Å²) >= 11 is 0. The Balaban J connectivity index is 4.56. The lowest BCUT2D eigenvalue weighted by atomic mass is 10.1. The summed E-state index contributed by atoms with van der Waals surface area (Å²) in [4.78, 5) is 11.6. The van der Waals surface area contributed by atoms with Crippen LogP contribution in [-0.2, 0) is 0 Å². The molecule has 0 atom stereocenters. The summed E-state index contributed by atoms with van der Waals surface area (Å²) in [6, 6.07) is 0. The molecule has 0 saturated carbocycles. The van der Waals surface area contributed by atoms with Gasteiger partial charge in [0.05, 0.1) is 6.54 Å². The summed E-state index contributed by atoms with van der Waals surface area (Å²) in [6.07, 6.45) is -1.35. The molecule has 0 unspecified atom stereocenters. The normalized spacial score (nSPS) is 12.7. The number of amidine groups is 1. The molecule has 0 aliphatic rings. The highest BCUT2D eigenvalue weighted by atomic mass is 16.4. The molecule has 3 N–H and O–H groups in total. The SMILES string of the molecule is CC(C)(C)N(CC(N)=NO)C(=O)[O-]. The topological polar surface area (TPSA) is 102 Å². The van der Waals surface area contributed by atoms with E-state index in [1.165, 1.54) is 0 Å². The van der Waals surface area contributed by atoms with Crippen LogP contribution in [0, 0.1) is 0 Å². The number of nitrogens with two attached hydrogens (primary N) is 1. The Morgan fingerprint density at radius 2 is 2.08 bits per heavy atom. The van der Waals surface area contributed by atoms with Crippen molar-refractivity contribution in [1.82, 2.24) is 4.90 Å². The predicted octanol–water partition coefficient (Wildman–Crippen LogP) is -0.823. The third kappa shape index (κ3) is 3.64. The van der Waals surface area contributed by atoms with E-state index >= 15 is 0 Å². The van der Waals surface area contributed by atoms with E-state index in [0.717, 1.165) is 4.90 Å². The van der Waals surface area contributed by atoms with Gasteiger partial charge in [0, 0.05) is 5.54 Å². The number of hydrogen-bond acceptors (Lipinski definition) is 4. The second-order valence-electron chi connectivity index (χ2n) is 3.61. The van der Waals surface area contributed by atoms with Crippen LogP contribution in [0.2, 0.25) is 0 Å². The van der Waals surface area contributed by atoms with Crippen LogP contribution in [0.15, 0.2) is 5.16 Å². The molecule has 0 heterocycles. The minimum Gasteiger partial charge on any atom is -0.530 e. The Kier molecular flexibility index (Phi) is 3.53. The average molecular weight is 188 g/mol. The third-order valence-corrected chi connectivity index (χ3v) is 1.48. The lowest BCUT2D eigenvalue weighted by Gasteiger charge is -2.37. The highest BCUT2D eigenvalue weighted by Crippen LogP contribution is 2.11. The maximum absolute atomic E-state index is 10.6. The highest BCUT2D eigenvalue weighted by molar-refractivity contribution is 5.84. The second-order valence-corrected chi connectivity index (χ2v) is 3.61. The number of carbonyl (C=O) groups is 1. The molecule has 0 radical (unpaired) electrons. The van der Waals surface area contributed by atoms with E-state index in [0.29, 0.717) is 0 Å². The molecule has 0 bridgehead atoms. The summed E-state index contributed by atoms with van der Waals surface area (Å²) in [5.74, 6) is -0.167. The van der Waals surface area contributed by atoms with Crippen LogP contribution in [0.4, 0.5) is 4.79 Å². The van der Waals surface area contributed by atoms with Crippen molar-refractivity contribution < 1.29 is 15.1 Å². The zero-order valence-corrected chi connectivity index (χ0v) is 7.94. The van der Waals surface area contributed by atoms with Crippen LogP contribution in [-0.4, -0.2) is 34.1 Å². The van der Waals surface area contributed by atoms with Gasteiger partial charge in [0.1, 0.15) is 6.09 Å². The number of carbonyl (C=O) groups excluding carboxylic acids is 1. The van der Waals surface area contributed by atoms with Crippen molar-refractivity contribution in [2.45, 2.75) is 26.3 Å². The summed E-state index contributed by atoms with van der Waals surface area (Å²) in [5, 5.41) is 21.6. The first-order chi connectivity index (χ1) is 5.79. The van der Waals surface area contributed by atoms with Crippen molar-refractivity contribution in [3.05, 3.63) is 0 Å². The van der Waals surface area contributed by atoms with Gasteiger partial charge in [0.25, 0.3) is 0 Å². The van der Waals surface area contributed by atoms with Crippen molar-refractivity contribution in [1.29, 1.82) is 0 Å². The highest BCUT2D eigenvalue weighted by Gasteiger charge is 2.21. The van der Waals surface area contributed by atoms with Gasteiger partial charge in [-0.1, -0.05) is 5.16 Å². The molecule has 0 aromatic heterocycles. The Bertz CT molecular complexity index is 220. The van der Waals surface area contributed by atoms with E-state index < -0.39 is 11.6 Å². The molecule has 1 amide bonds. The number of amides is 1. The Morgan fingerprint density at radius 3 is 2.31 bits per heavy atom. The molecule has 0 aliphatic carbocycles. The van der Waals surface area contributed by atoms with Crippen LogP contribution in [0.1, 0.15) is 20.8 Å². The lowest BCUT2D eigenvalue weighted by molar-refractivity contribution is -0.269. The van der Waals surface area contributed by atoms with Gasteiger partial charge in [-0.2, -0.15) is 0 Å². The number of carboxylic acid groups (broad SMARTS) is 1. The molecular formula is C7H14N3O3-. The largest absolute Gasteiger partial charge is 0.530 e. The first-order valence-corrected chi connectivity index (χ1v) is 3.74. The van der Waals surface area contributed by atoms with Crippen LogP contribution in [0.25, 0.3) is 0 Å². The second kappa shape index (κ2) is 3.97. The molecule has 76 valence electrons. The van der Waals surface area contributed by atoms with Crippen molar-refractivity contribution >= 4 is 11.9 Å². The van der Waals surface area contributed by atoms with E-state index in [9.17, 15) is 9.90 Å². The predicted molar refractivity (Wildman–Crippen MR) is 45.3 cm³/mol. The third-order valence-electron chi connectivity index (χ3n) is 1.48. The van der Waals surface area contributed by atoms with E-state index in [4.69, 9.17) is 10.9 Å². The smallest absolute Gasteiger partial charge is 0.158 e. The van der Waals surface area contributed by atoms with Gasteiger partial charge < -0.3 is 25.7 Å². The molecule has 0 rings (SSSR count). The fourth-order valence-electron chi connectivity index (χ4n) is 0.769. The number of hydrogen-bond donors (Lipinski definition) is 2. The molecule has 6 heteroatoms. The monoisotopic (exact) mass is 188 g/mol. The van der Waals surface area contributed by atoms with Crippen molar-refractivity contribution in [3.63, 3.8) is 0 Å². The van der Waals surface area contributed by atoms with Crippen molar-refractivity contribution in [2.75, 3.05) is 6.54 Å². The molecule has 0 fully saturated rings. The van der Waals surface area contributed by atoms with Crippen molar-refractivity contribution in [3.8, 4) is 0 Å². The molecule has 0 spiro atoms. The molecule has 6 nitrogen and oxygen atoms in total. The van der Waals surface area contributed by atoms with Crippen LogP contribution in [0.5, 0.6) is 0 Å². The molecular weight excluding hydrogens is 174 g/mol. The minimum absolute atomic E-state index is 0.164. The Labute approximate surface area is 76.6 Å². The number of nitrogens with zero attached hydrogens (tertiary/aromatic N) is 2. The quantitative estimate of drug-likeness (QED) is 0.256. The zero-order chi connectivity index (χ0) is 10.6. The summed E-state index contributed by atoms with van der Waals surface area (Å²) < 4.78 is 0. The number of oxime groups is 1. The van der Waals surface area contributed by atoms with Gasteiger partial charge in [-0.3, -0.25) is 0 Å². The van der Waals surface area contributed by atoms with Crippen LogP contribution < -0.4 is 10.8 Å². The lowest BCUT2D eigenvalue weighted by Crippen LogP contribution is -2.54. The van der Waals surface area contributed by atoms with Gasteiger partial charge in [-0.05, 0) is 20.8 Å². The van der Waals surface area contributed by atoms with Crippen LogP contribution in [0.3, 0.4) is 0 Å².